The molecular formula is C21H23NO4. The van der Waals surface area contributed by atoms with Crippen molar-refractivity contribution in [3.8, 4) is 0 Å². The molecule has 0 bridgehead atoms. The fourth-order valence-corrected chi connectivity index (χ4v) is 3.34. The molecule has 26 heavy (non-hydrogen) atoms. The maximum atomic E-state index is 12.6. The van der Waals surface area contributed by atoms with Crippen LogP contribution in [-0.2, 0) is 20.7 Å². The quantitative estimate of drug-likeness (QED) is 0.783. The smallest absolute Gasteiger partial charge is 0.254 e. The largest absolute Gasteiger partial charge is 0.378 e. The van der Waals surface area contributed by atoms with Crippen LogP contribution in [0.15, 0.2) is 46.6 Å². The fraction of sp³-hybridized carbons (Fsp3) is 0.381. The van der Waals surface area contributed by atoms with E-state index >= 15 is 0 Å². The highest BCUT2D eigenvalue weighted by molar-refractivity contribution is 6.24. The highest BCUT2D eigenvalue weighted by Gasteiger charge is 2.28. The van der Waals surface area contributed by atoms with Crippen LogP contribution in [0.1, 0.15) is 36.7 Å². The van der Waals surface area contributed by atoms with Crippen LogP contribution < -0.4 is 0 Å². The lowest BCUT2D eigenvalue weighted by Crippen LogP contribution is -2.40. The molecule has 0 atom stereocenters. The number of ether oxygens (including phenoxy) is 1. The van der Waals surface area contributed by atoms with Gasteiger partial charge < -0.3 is 9.64 Å². The van der Waals surface area contributed by atoms with Crippen molar-refractivity contribution < 1.29 is 19.1 Å². The number of carbonyl (C=O) groups is 3. The Kier molecular flexibility index (Phi) is 5.18. The lowest BCUT2D eigenvalue weighted by atomic mass is 9.83. The van der Waals surface area contributed by atoms with E-state index in [0.29, 0.717) is 60.6 Å². The molecular weight excluding hydrogens is 330 g/mol. The summed E-state index contributed by atoms with van der Waals surface area (Å²) < 4.78 is 5.29. The number of hydrogen-bond acceptors (Lipinski definition) is 4. The van der Waals surface area contributed by atoms with Gasteiger partial charge in [0.1, 0.15) is 0 Å². The average molecular weight is 353 g/mol. The van der Waals surface area contributed by atoms with Gasteiger partial charge in [-0.2, -0.15) is 0 Å². The number of Topliss-reactive ketones (excluding diaryl/α,β-unsaturated/α-hetero) is 2. The third-order valence-electron chi connectivity index (χ3n) is 5.16. The number of morpholine rings is 1. The second-order valence-electron chi connectivity index (χ2n) is 6.79. The van der Waals surface area contributed by atoms with E-state index < -0.39 is 0 Å². The topological polar surface area (TPSA) is 63.7 Å². The monoisotopic (exact) mass is 353 g/mol. The molecule has 1 fully saturated rings. The van der Waals surface area contributed by atoms with Gasteiger partial charge in [0.25, 0.3) is 5.91 Å². The van der Waals surface area contributed by atoms with Crippen LogP contribution in [0.2, 0.25) is 0 Å². The van der Waals surface area contributed by atoms with Crippen LogP contribution in [0.3, 0.4) is 0 Å². The van der Waals surface area contributed by atoms with E-state index in [0.717, 1.165) is 5.56 Å². The van der Waals surface area contributed by atoms with Gasteiger partial charge >= 0.3 is 0 Å². The van der Waals surface area contributed by atoms with Crippen molar-refractivity contribution >= 4 is 17.5 Å². The number of benzene rings is 1. The summed E-state index contributed by atoms with van der Waals surface area (Å²) in [5, 5.41) is 0. The number of rotatable bonds is 3. The number of ketones is 2. The molecule has 5 heteroatoms. The summed E-state index contributed by atoms with van der Waals surface area (Å²) in [6, 6.07) is 7.30. The SMILES string of the molecule is CC1=C(C)C(=O)C(Cc2cccc(C(=O)N3CCOCC3)c2)=C(C)C1=O. The summed E-state index contributed by atoms with van der Waals surface area (Å²) in [5.41, 5.74) is 3.51. The molecule has 1 aromatic rings. The Morgan fingerprint density at radius 3 is 2.35 bits per heavy atom. The first-order valence-electron chi connectivity index (χ1n) is 8.82. The molecule has 3 rings (SSSR count). The molecule has 1 aromatic carbocycles. The molecule has 1 heterocycles. The van der Waals surface area contributed by atoms with Gasteiger partial charge in [0.15, 0.2) is 11.6 Å². The lowest BCUT2D eigenvalue weighted by Gasteiger charge is -2.27. The Hall–Kier alpha value is -2.53. The zero-order valence-corrected chi connectivity index (χ0v) is 15.4. The van der Waals surface area contributed by atoms with Crippen molar-refractivity contribution in [2.24, 2.45) is 0 Å². The minimum atomic E-state index is -0.0792. The van der Waals surface area contributed by atoms with Crippen LogP contribution in [0.25, 0.3) is 0 Å². The zero-order valence-electron chi connectivity index (χ0n) is 15.4. The number of amides is 1. The minimum absolute atomic E-state index is 0.0289. The van der Waals surface area contributed by atoms with Crippen LogP contribution in [0, 0.1) is 0 Å². The summed E-state index contributed by atoms with van der Waals surface area (Å²) in [5.74, 6) is -0.180. The molecule has 0 saturated carbocycles. The molecule has 136 valence electrons. The van der Waals surface area contributed by atoms with Gasteiger partial charge in [-0.3, -0.25) is 14.4 Å². The number of nitrogens with zero attached hydrogens (tertiary/aromatic N) is 1. The Morgan fingerprint density at radius 1 is 1.00 bits per heavy atom. The first-order chi connectivity index (χ1) is 12.4. The average Bonchev–Trinajstić information content (AvgIpc) is 2.68. The third-order valence-corrected chi connectivity index (χ3v) is 5.16. The van der Waals surface area contributed by atoms with Gasteiger partial charge in [0.05, 0.1) is 13.2 Å². The number of carbonyl (C=O) groups excluding carboxylic acids is 3. The van der Waals surface area contributed by atoms with Crippen molar-refractivity contribution in [1.29, 1.82) is 0 Å². The second kappa shape index (κ2) is 7.38. The summed E-state index contributed by atoms with van der Waals surface area (Å²) >= 11 is 0. The van der Waals surface area contributed by atoms with E-state index in [1.807, 2.05) is 18.2 Å². The van der Waals surface area contributed by atoms with Gasteiger partial charge in [0, 0.05) is 47.4 Å². The first-order valence-corrected chi connectivity index (χ1v) is 8.82. The maximum Gasteiger partial charge on any atom is 0.254 e. The molecule has 5 nitrogen and oxygen atoms in total. The summed E-state index contributed by atoms with van der Waals surface area (Å²) in [6.07, 6.45) is 0.352. The van der Waals surface area contributed by atoms with Crippen LogP contribution >= 0.6 is 0 Å². The van der Waals surface area contributed by atoms with E-state index in [-0.39, 0.29) is 17.5 Å². The van der Waals surface area contributed by atoms with Gasteiger partial charge in [0.2, 0.25) is 0 Å². The summed E-state index contributed by atoms with van der Waals surface area (Å²) in [6.45, 7) is 7.37. The van der Waals surface area contributed by atoms with Gasteiger partial charge in [-0.15, -0.1) is 0 Å². The van der Waals surface area contributed by atoms with E-state index in [9.17, 15) is 14.4 Å². The van der Waals surface area contributed by atoms with Crippen LogP contribution in [-0.4, -0.2) is 48.7 Å². The summed E-state index contributed by atoms with van der Waals surface area (Å²) in [4.78, 5) is 39.4. The highest BCUT2D eigenvalue weighted by atomic mass is 16.5. The molecule has 0 unspecified atom stereocenters. The normalized spacial score (nSPS) is 18.7. The molecule has 2 aliphatic rings. The van der Waals surface area contributed by atoms with Crippen molar-refractivity contribution in [2.75, 3.05) is 26.3 Å². The molecule has 1 aliphatic heterocycles. The van der Waals surface area contributed by atoms with Crippen LogP contribution in [0.4, 0.5) is 0 Å². The molecule has 1 amide bonds. The zero-order chi connectivity index (χ0) is 18.8. The highest BCUT2D eigenvalue weighted by Crippen LogP contribution is 2.27. The van der Waals surface area contributed by atoms with Crippen molar-refractivity contribution in [2.45, 2.75) is 27.2 Å². The van der Waals surface area contributed by atoms with Gasteiger partial charge in [-0.1, -0.05) is 12.1 Å². The number of allylic oxidation sites excluding steroid dienone is 4. The molecule has 1 aliphatic carbocycles. The second-order valence-corrected chi connectivity index (χ2v) is 6.79. The third kappa shape index (κ3) is 3.40. The molecule has 0 spiro atoms. The molecule has 1 saturated heterocycles. The Morgan fingerprint density at radius 2 is 1.65 bits per heavy atom. The molecule has 0 radical (unpaired) electrons. The van der Waals surface area contributed by atoms with Crippen molar-refractivity contribution in [3.05, 3.63) is 57.7 Å². The first kappa shape index (κ1) is 18.3. The van der Waals surface area contributed by atoms with E-state index in [2.05, 4.69) is 0 Å². The van der Waals surface area contributed by atoms with Gasteiger partial charge in [-0.05, 0) is 38.5 Å². The predicted molar refractivity (Wildman–Crippen MR) is 98.0 cm³/mol. The van der Waals surface area contributed by atoms with Crippen LogP contribution in [0.5, 0.6) is 0 Å². The molecule has 0 N–H and O–H groups in total. The Bertz CT molecular complexity index is 841. The lowest BCUT2D eigenvalue weighted by molar-refractivity contribution is -0.116. The molecule has 0 aromatic heterocycles. The van der Waals surface area contributed by atoms with E-state index in [4.69, 9.17) is 4.74 Å². The van der Waals surface area contributed by atoms with Crippen molar-refractivity contribution in [1.82, 2.24) is 4.90 Å². The number of hydrogen-bond donors (Lipinski definition) is 0. The van der Waals surface area contributed by atoms with Gasteiger partial charge in [-0.25, -0.2) is 0 Å². The fourth-order valence-electron chi connectivity index (χ4n) is 3.34. The predicted octanol–water partition coefficient (Wildman–Crippen LogP) is 2.51. The Balaban J connectivity index is 1.84. The standard InChI is InChI=1S/C21H23NO4/c1-13-14(2)20(24)18(15(3)19(13)23)12-16-5-4-6-17(11-16)21(25)22-7-9-26-10-8-22/h4-6,11H,7-10,12H2,1-3H3. The van der Waals surface area contributed by atoms with E-state index in [1.165, 1.54) is 0 Å². The van der Waals surface area contributed by atoms with E-state index in [1.54, 1.807) is 31.7 Å². The minimum Gasteiger partial charge on any atom is -0.378 e. The maximum absolute atomic E-state index is 12.6. The van der Waals surface area contributed by atoms with Crippen molar-refractivity contribution in [3.63, 3.8) is 0 Å². The Labute approximate surface area is 153 Å². The summed E-state index contributed by atoms with van der Waals surface area (Å²) in [7, 11) is 0.